The lowest BCUT2D eigenvalue weighted by Crippen LogP contribution is -2.46. The van der Waals surface area contributed by atoms with E-state index >= 15 is 0 Å². The number of pyridine rings is 1. The van der Waals surface area contributed by atoms with Gasteiger partial charge in [0.05, 0.1) is 0 Å². The van der Waals surface area contributed by atoms with Crippen molar-refractivity contribution in [2.24, 2.45) is 0 Å². The van der Waals surface area contributed by atoms with E-state index in [-0.39, 0.29) is 29.0 Å². The lowest BCUT2D eigenvalue weighted by atomic mass is 10.2. The predicted molar refractivity (Wildman–Crippen MR) is 188 cm³/mol. The zero-order chi connectivity index (χ0) is 34.0. The third kappa shape index (κ3) is 16.9. The molecule has 258 valence electrons. The SMILES string of the molecule is CCCCNC(=O)Nc1cc(=O)cc(CCCC[Si](C)(C)O[Si](C)(C)OCCCCc2cc(=O)[nH]c(NC(=O)NCCCC)n2)[nH]1. The van der Waals surface area contributed by atoms with E-state index in [4.69, 9.17) is 8.54 Å². The monoisotopic (exact) mass is 677 g/mol. The molecule has 0 unspecified atom stereocenters. The van der Waals surface area contributed by atoms with Gasteiger partial charge in [-0.15, -0.1) is 0 Å². The van der Waals surface area contributed by atoms with Gasteiger partial charge >= 0.3 is 20.6 Å². The van der Waals surface area contributed by atoms with Crippen LogP contribution in [0, 0.1) is 0 Å². The molecule has 2 rings (SSSR count). The molecule has 15 heteroatoms. The van der Waals surface area contributed by atoms with Gasteiger partial charge in [-0.1, -0.05) is 33.1 Å². The highest BCUT2D eigenvalue weighted by Gasteiger charge is 2.34. The molecule has 0 saturated heterocycles. The summed E-state index contributed by atoms with van der Waals surface area (Å²) in [5, 5.41) is 10.8. The first-order chi connectivity index (χ1) is 21.8. The molecule has 2 heterocycles. The van der Waals surface area contributed by atoms with E-state index in [1.54, 1.807) is 6.07 Å². The summed E-state index contributed by atoms with van der Waals surface area (Å²) in [6, 6.07) is 4.69. The van der Waals surface area contributed by atoms with Gasteiger partial charge < -0.3 is 24.2 Å². The Balaban J connectivity index is 1.72. The second kappa shape index (κ2) is 20.1. The molecule has 0 bridgehead atoms. The van der Waals surface area contributed by atoms with Gasteiger partial charge in [-0.3, -0.25) is 25.2 Å². The van der Waals surface area contributed by atoms with Crippen molar-refractivity contribution in [1.82, 2.24) is 25.6 Å². The summed E-state index contributed by atoms with van der Waals surface area (Å²) >= 11 is 0. The third-order valence-corrected chi connectivity index (χ3v) is 13.7. The Hall–Kier alpha value is -3.28. The number of H-pyrrole nitrogens is 2. The Morgan fingerprint density at radius 3 is 2.13 bits per heavy atom. The summed E-state index contributed by atoms with van der Waals surface area (Å²) in [6.07, 6.45) is 8.48. The second-order valence-electron chi connectivity index (χ2n) is 12.6. The van der Waals surface area contributed by atoms with E-state index < -0.39 is 16.9 Å². The number of urea groups is 2. The van der Waals surface area contributed by atoms with Crippen molar-refractivity contribution in [3.63, 3.8) is 0 Å². The Bertz CT molecular complexity index is 1350. The fraction of sp³-hybridized carbons (Fsp3) is 0.645. The molecule has 0 aromatic carbocycles. The first-order valence-electron chi connectivity index (χ1n) is 16.6. The minimum Gasteiger partial charge on any atom is -0.436 e. The third-order valence-electron chi connectivity index (χ3n) is 7.08. The second-order valence-corrected chi connectivity index (χ2v) is 20.5. The van der Waals surface area contributed by atoms with Gasteiger partial charge in [-0.05, 0) is 77.2 Å². The number of aromatic nitrogens is 3. The van der Waals surface area contributed by atoms with Crippen LogP contribution in [0.1, 0.15) is 76.6 Å². The lowest BCUT2D eigenvalue weighted by molar-refractivity contribution is 0.239. The molecule has 6 N–H and O–H groups in total. The summed E-state index contributed by atoms with van der Waals surface area (Å²) in [7, 11) is -4.33. The summed E-state index contributed by atoms with van der Waals surface area (Å²) < 4.78 is 12.8. The molecular weight excluding hydrogens is 623 g/mol. The highest BCUT2D eigenvalue weighted by atomic mass is 28.4. The largest absolute Gasteiger partial charge is 0.436 e. The van der Waals surface area contributed by atoms with E-state index in [9.17, 15) is 19.2 Å². The number of hydrogen-bond donors (Lipinski definition) is 6. The molecule has 4 amide bonds. The Morgan fingerprint density at radius 1 is 0.804 bits per heavy atom. The lowest BCUT2D eigenvalue weighted by Gasteiger charge is -2.33. The van der Waals surface area contributed by atoms with Crippen LogP contribution in [0.25, 0.3) is 0 Å². The zero-order valence-electron chi connectivity index (χ0n) is 28.5. The fourth-order valence-electron chi connectivity index (χ4n) is 4.91. The molecular formula is C31H55N7O6Si2. The van der Waals surface area contributed by atoms with Crippen LogP contribution in [0.5, 0.6) is 0 Å². The molecule has 0 aliphatic carbocycles. The van der Waals surface area contributed by atoms with Crippen LogP contribution in [0.3, 0.4) is 0 Å². The Labute approximate surface area is 274 Å². The molecule has 0 spiro atoms. The number of carbonyl (C=O) groups excluding carboxylic acids is 2. The molecule has 0 aliphatic heterocycles. The van der Waals surface area contributed by atoms with E-state index in [0.717, 1.165) is 63.1 Å². The van der Waals surface area contributed by atoms with E-state index in [1.807, 2.05) is 6.92 Å². The molecule has 2 aromatic rings. The number of aryl methyl sites for hydroxylation is 2. The van der Waals surface area contributed by atoms with Crippen LogP contribution in [0.4, 0.5) is 21.4 Å². The smallest absolute Gasteiger partial charge is 0.321 e. The highest BCUT2D eigenvalue weighted by Crippen LogP contribution is 2.22. The van der Waals surface area contributed by atoms with E-state index in [2.05, 4.69) is 69.3 Å². The van der Waals surface area contributed by atoms with Gasteiger partial charge in [0, 0.05) is 49.3 Å². The summed E-state index contributed by atoms with van der Waals surface area (Å²) in [6.45, 7) is 14.4. The summed E-state index contributed by atoms with van der Waals surface area (Å²) in [5.74, 6) is 0.542. The van der Waals surface area contributed by atoms with Gasteiger partial charge in [0.2, 0.25) is 5.95 Å². The zero-order valence-corrected chi connectivity index (χ0v) is 30.5. The standard InChI is InChI=1S/C31H55N7O6Si2/c1-7-9-17-32-30(41)36-27-23-26(39)21-24(34-27)16-12-14-20-45(3,4)44-46(5,6)43-19-13-11-15-25-22-28(40)37-29(35-25)38-31(42)33-18-10-8-2/h21-23H,7-20H2,1-6H3,(H3,32,34,36,39,41)(H3,33,35,37,38,40,42). The Kier molecular flexibility index (Phi) is 17.0. The van der Waals surface area contributed by atoms with Crippen LogP contribution in [-0.2, 0) is 21.4 Å². The van der Waals surface area contributed by atoms with Crippen molar-refractivity contribution in [1.29, 1.82) is 0 Å². The maximum atomic E-state index is 12.2. The number of aromatic amines is 2. The molecule has 2 aromatic heterocycles. The number of nitrogens with one attached hydrogen (secondary N) is 6. The summed E-state index contributed by atoms with van der Waals surface area (Å²) in [5.41, 5.74) is 0.970. The highest BCUT2D eigenvalue weighted by molar-refractivity contribution is 6.82. The van der Waals surface area contributed by atoms with Crippen molar-refractivity contribution >= 4 is 40.7 Å². The van der Waals surface area contributed by atoms with Gasteiger partial charge in [0.25, 0.3) is 5.56 Å². The number of unbranched alkanes of at least 4 members (excludes halogenated alkanes) is 4. The fourth-order valence-corrected chi connectivity index (χ4v) is 12.6. The minimum absolute atomic E-state index is 0.141. The first kappa shape index (κ1) is 38.9. The van der Waals surface area contributed by atoms with Crippen LogP contribution in [0.15, 0.2) is 27.8 Å². The van der Waals surface area contributed by atoms with Gasteiger partial charge in [-0.2, -0.15) is 0 Å². The van der Waals surface area contributed by atoms with Crippen LogP contribution < -0.4 is 32.3 Å². The number of rotatable bonds is 21. The van der Waals surface area contributed by atoms with Gasteiger partial charge in [0.15, 0.2) is 13.7 Å². The first-order valence-corrected chi connectivity index (χ1v) is 22.5. The van der Waals surface area contributed by atoms with E-state index in [0.29, 0.717) is 44.0 Å². The average molecular weight is 678 g/mol. The topological polar surface area (TPSA) is 179 Å². The molecule has 0 fully saturated rings. The van der Waals surface area contributed by atoms with Crippen molar-refractivity contribution in [3.8, 4) is 0 Å². The van der Waals surface area contributed by atoms with Gasteiger partial charge in [0.1, 0.15) is 5.82 Å². The van der Waals surface area contributed by atoms with Gasteiger partial charge in [-0.25, -0.2) is 14.6 Å². The maximum absolute atomic E-state index is 12.2. The number of carbonyl (C=O) groups is 2. The molecule has 46 heavy (non-hydrogen) atoms. The number of nitrogens with zero attached hydrogens (tertiary/aromatic N) is 1. The van der Waals surface area contributed by atoms with Crippen LogP contribution in [0.2, 0.25) is 32.2 Å². The van der Waals surface area contributed by atoms with Crippen molar-refractivity contribution in [2.45, 2.75) is 110 Å². The molecule has 0 atom stereocenters. The molecule has 0 saturated carbocycles. The van der Waals surface area contributed by atoms with Crippen LogP contribution in [-0.4, -0.2) is 63.6 Å². The minimum atomic E-state index is -2.34. The Morgan fingerprint density at radius 2 is 1.46 bits per heavy atom. The molecule has 13 nitrogen and oxygen atoms in total. The number of hydrogen-bond acceptors (Lipinski definition) is 7. The normalized spacial score (nSPS) is 11.7. The number of amides is 4. The summed E-state index contributed by atoms with van der Waals surface area (Å²) in [4.78, 5) is 58.3. The molecule has 0 aliphatic rings. The van der Waals surface area contributed by atoms with Crippen molar-refractivity contribution in [2.75, 3.05) is 30.3 Å². The van der Waals surface area contributed by atoms with Crippen molar-refractivity contribution in [3.05, 3.63) is 50.2 Å². The maximum Gasteiger partial charge on any atom is 0.321 e. The van der Waals surface area contributed by atoms with E-state index in [1.165, 1.54) is 12.1 Å². The van der Waals surface area contributed by atoms with Crippen LogP contribution >= 0.6 is 0 Å². The van der Waals surface area contributed by atoms with Crippen molar-refractivity contribution < 1.29 is 18.1 Å². The number of anilines is 2. The molecule has 0 radical (unpaired) electrons. The predicted octanol–water partition coefficient (Wildman–Crippen LogP) is 5.59. The quantitative estimate of drug-likeness (QED) is 0.0736. The average Bonchev–Trinajstić information content (AvgIpc) is 2.94.